The highest BCUT2D eigenvalue weighted by atomic mass is 35.5. The van der Waals surface area contributed by atoms with Crippen molar-refractivity contribution in [2.75, 3.05) is 52.5 Å². The van der Waals surface area contributed by atoms with Crippen molar-refractivity contribution in [1.82, 2.24) is 9.80 Å². The Morgan fingerprint density at radius 2 is 0.830 bits per heavy atom. The van der Waals surface area contributed by atoms with Crippen LogP contribution in [0.1, 0.15) is 103 Å². The van der Waals surface area contributed by atoms with E-state index >= 15 is 0 Å². The summed E-state index contributed by atoms with van der Waals surface area (Å²) < 4.78 is 12.6. The summed E-state index contributed by atoms with van der Waals surface area (Å²) in [5.41, 5.74) is 2.42. The van der Waals surface area contributed by atoms with Gasteiger partial charge >= 0.3 is 0 Å². The van der Waals surface area contributed by atoms with Crippen molar-refractivity contribution in [2.24, 2.45) is 0 Å². The average Bonchev–Trinajstić information content (AvgIpc) is 3.10. The van der Waals surface area contributed by atoms with Crippen molar-refractivity contribution < 1.29 is 14.9 Å². The standard InChI is InChI=1S/2C20H29NO.2ClH.H2O/c2*1-3-21(4-2)17-11-12-18-22-20(15-9-6-10-16-20)19-13-7-5-8-14-19;;;/h2*5,7-8,13-14H,3-4,6,9-10,15-18H2,1-2H3;2*1H;1H2. The SMILES string of the molecule is CCN(CC)CC#CCOC1(c2ccccc2)CCCCC1.CCN(CC)CC#CCOC1(c2ccccc2)CCCCC1.Cl.Cl.O. The van der Waals surface area contributed by atoms with Crippen LogP contribution in [0.3, 0.4) is 0 Å². The van der Waals surface area contributed by atoms with Gasteiger partial charge in [0.05, 0.1) is 24.3 Å². The molecule has 0 aromatic heterocycles. The highest BCUT2D eigenvalue weighted by molar-refractivity contribution is 5.85. The van der Waals surface area contributed by atoms with Gasteiger partial charge in [-0.15, -0.1) is 24.8 Å². The molecule has 2 saturated carbocycles. The first kappa shape index (κ1) is 44.9. The zero-order valence-electron chi connectivity index (χ0n) is 29.5. The molecule has 2 aliphatic carbocycles. The molecule has 2 aromatic rings. The fourth-order valence-corrected chi connectivity index (χ4v) is 6.44. The molecule has 2 aliphatic rings. The molecule has 47 heavy (non-hydrogen) atoms. The lowest BCUT2D eigenvalue weighted by Crippen LogP contribution is -2.32. The lowest BCUT2D eigenvalue weighted by molar-refractivity contribution is -0.0610. The lowest BCUT2D eigenvalue weighted by atomic mass is 9.79. The quantitative estimate of drug-likeness (QED) is 0.210. The van der Waals surface area contributed by atoms with Crippen LogP contribution in [0.5, 0.6) is 0 Å². The normalized spacial score (nSPS) is 16.0. The predicted octanol–water partition coefficient (Wildman–Crippen LogP) is 8.43. The summed E-state index contributed by atoms with van der Waals surface area (Å²) in [7, 11) is 0. The molecule has 5 nitrogen and oxygen atoms in total. The third-order valence-corrected chi connectivity index (χ3v) is 9.41. The van der Waals surface area contributed by atoms with Crippen LogP contribution in [0.15, 0.2) is 60.7 Å². The minimum atomic E-state index is -0.108. The fourth-order valence-electron chi connectivity index (χ4n) is 6.44. The van der Waals surface area contributed by atoms with E-state index in [1.165, 1.54) is 49.7 Å². The summed E-state index contributed by atoms with van der Waals surface area (Å²) >= 11 is 0. The number of halogens is 2. The molecule has 2 N–H and O–H groups in total. The molecule has 0 amide bonds. The van der Waals surface area contributed by atoms with E-state index in [1.54, 1.807) is 0 Å². The molecular formula is C40H62Cl2N2O3. The van der Waals surface area contributed by atoms with Gasteiger partial charge in [-0.2, -0.15) is 0 Å². The van der Waals surface area contributed by atoms with E-state index in [0.717, 1.165) is 65.0 Å². The van der Waals surface area contributed by atoms with E-state index < -0.39 is 0 Å². The van der Waals surface area contributed by atoms with Gasteiger partial charge in [0.1, 0.15) is 13.2 Å². The molecule has 7 heteroatoms. The van der Waals surface area contributed by atoms with E-state index in [-0.39, 0.29) is 41.5 Å². The molecule has 2 fully saturated rings. The van der Waals surface area contributed by atoms with Crippen LogP contribution in [-0.4, -0.2) is 67.8 Å². The molecule has 0 bridgehead atoms. The molecule has 0 radical (unpaired) electrons. The second kappa shape index (κ2) is 25.9. The largest absolute Gasteiger partial charge is 0.412 e. The maximum atomic E-state index is 6.31. The lowest BCUT2D eigenvalue weighted by Gasteiger charge is -2.37. The molecule has 264 valence electrons. The van der Waals surface area contributed by atoms with E-state index in [2.05, 4.69) is 122 Å². The van der Waals surface area contributed by atoms with Crippen LogP contribution in [-0.2, 0) is 20.7 Å². The van der Waals surface area contributed by atoms with E-state index in [9.17, 15) is 0 Å². The van der Waals surface area contributed by atoms with E-state index in [1.807, 2.05) is 0 Å². The predicted molar refractivity (Wildman–Crippen MR) is 204 cm³/mol. The Balaban J connectivity index is 0.000000846. The van der Waals surface area contributed by atoms with E-state index in [4.69, 9.17) is 9.47 Å². The highest BCUT2D eigenvalue weighted by Crippen LogP contribution is 2.41. The number of hydrogen-bond donors (Lipinski definition) is 0. The molecule has 0 atom stereocenters. The number of rotatable bonds is 12. The van der Waals surface area contributed by atoms with Gasteiger partial charge in [0.2, 0.25) is 0 Å². The Morgan fingerprint density at radius 3 is 1.13 bits per heavy atom. The topological polar surface area (TPSA) is 56.4 Å². The fraction of sp³-hybridized carbons (Fsp3) is 0.600. The van der Waals surface area contributed by atoms with Gasteiger partial charge in [-0.25, -0.2) is 0 Å². The molecule has 0 saturated heterocycles. The van der Waals surface area contributed by atoms with Crippen molar-refractivity contribution in [1.29, 1.82) is 0 Å². The van der Waals surface area contributed by atoms with Gasteiger partial charge < -0.3 is 14.9 Å². The Hall–Kier alpha value is -2.06. The molecular weight excluding hydrogens is 627 g/mol. The Labute approximate surface area is 299 Å². The first-order valence-corrected chi connectivity index (χ1v) is 17.4. The van der Waals surface area contributed by atoms with Crippen molar-refractivity contribution in [2.45, 2.75) is 103 Å². The van der Waals surface area contributed by atoms with Gasteiger partial charge in [0.25, 0.3) is 0 Å². The van der Waals surface area contributed by atoms with Gasteiger partial charge in [-0.3, -0.25) is 9.80 Å². The summed E-state index contributed by atoms with van der Waals surface area (Å²) in [6, 6.07) is 21.4. The molecule has 0 unspecified atom stereocenters. The van der Waals surface area contributed by atoms with Crippen LogP contribution in [0.4, 0.5) is 0 Å². The minimum absolute atomic E-state index is 0. The van der Waals surface area contributed by atoms with Crippen LogP contribution in [0, 0.1) is 23.7 Å². The third-order valence-electron chi connectivity index (χ3n) is 9.41. The van der Waals surface area contributed by atoms with E-state index in [0.29, 0.717) is 13.2 Å². The average molecular weight is 690 g/mol. The number of ether oxygens (including phenoxy) is 2. The molecule has 0 heterocycles. The highest BCUT2D eigenvalue weighted by Gasteiger charge is 2.35. The third kappa shape index (κ3) is 14.9. The maximum Gasteiger partial charge on any atom is 0.108 e. The van der Waals surface area contributed by atoms with Crippen LogP contribution < -0.4 is 0 Å². The molecule has 0 aliphatic heterocycles. The number of nitrogens with zero attached hydrogens (tertiary/aromatic N) is 2. The second-order valence-electron chi connectivity index (χ2n) is 12.0. The zero-order valence-corrected chi connectivity index (χ0v) is 31.2. The van der Waals surface area contributed by atoms with Gasteiger partial charge in [-0.1, -0.05) is 151 Å². The van der Waals surface area contributed by atoms with Gasteiger partial charge in [0, 0.05) is 0 Å². The smallest absolute Gasteiger partial charge is 0.108 e. The minimum Gasteiger partial charge on any atom is -0.412 e. The van der Waals surface area contributed by atoms with Gasteiger partial charge in [0.15, 0.2) is 0 Å². The van der Waals surface area contributed by atoms with Crippen molar-refractivity contribution in [3.05, 3.63) is 71.8 Å². The Bertz CT molecular complexity index is 1060. The molecule has 4 rings (SSSR count). The maximum absolute atomic E-state index is 6.31. The monoisotopic (exact) mass is 688 g/mol. The number of benzene rings is 2. The van der Waals surface area contributed by atoms with Crippen LogP contribution >= 0.6 is 24.8 Å². The van der Waals surface area contributed by atoms with Crippen molar-refractivity contribution in [3.63, 3.8) is 0 Å². The Kier molecular flexibility index (Phi) is 24.8. The van der Waals surface area contributed by atoms with Crippen molar-refractivity contribution in [3.8, 4) is 23.7 Å². The van der Waals surface area contributed by atoms with Gasteiger partial charge in [-0.05, 0) is 63.0 Å². The molecule has 0 spiro atoms. The summed E-state index contributed by atoms with van der Waals surface area (Å²) in [6.07, 6.45) is 12.1. The Morgan fingerprint density at radius 1 is 0.511 bits per heavy atom. The number of hydrogen-bond acceptors (Lipinski definition) is 4. The zero-order chi connectivity index (χ0) is 31.4. The van der Waals surface area contributed by atoms with Crippen LogP contribution in [0.2, 0.25) is 0 Å². The first-order chi connectivity index (χ1) is 21.6. The summed E-state index contributed by atoms with van der Waals surface area (Å²) in [6.45, 7) is 15.7. The summed E-state index contributed by atoms with van der Waals surface area (Å²) in [5, 5.41) is 0. The van der Waals surface area contributed by atoms with Crippen LogP contribution in [0.25, 0.3) is 0 Å². The van der Waals surface area contributed by atoms with Crippen molar-refractivity contribution >= 4 is 24.8 Å². The second-order valence-corrected chi connectivity index (χ2v) is 12.0. The molecule has 2 aromatic carbocycles. The first-order valence-electron chi connectivity index (χ1n) is 17.4. The summed E-state index contributed by atoms with van der Waals surface area (Å²) in [5.74, 6) is 12.9. The summed E-state index contributed by atoms with van der Waals surface area (Å²) in [4.78, 5) is 4.64.